The van der Waals surface area contributed by atoms with Crippen LogP contribution in [0.5, 0.6) is 0 Å². The summed E-state index contributed by atoms with van der Waals surface area (Å²) in [5.74, 6) is 1.94. The molecule has 2 N–H and O–H groups in total. The fourth-order valence-corrected chi connectivity index (χ4v) is 3.65. The summed E-state index contributed by atoms with van der Waals surface area (Å²) < 4.78 is 5.70. The molecule has 0 spiro atoms. The minimum Gasteiger partial charge on any atom is -0.468 e. The van der Waals surface area contributed by atoms with Gasteiger partial charge < -0.3 is 20.0 Å². The minimum atomic E-state index is 0.237. The van der Waals surface area contributed by atoms with Crippen LogP contribution in [0.1, 0.15) is 58.3 Å². The summed E-state index contributed by atoms with van der Waals surface area (Å²) in [6.07, 6.45) is 6.69. The van der Waals surface area contributed by atoms with E-state index in [1.807, 2.05) is 6.07 Å². The van der Waals surface area contributed by atoms with Crippen LogP contribution in [-0.4, -0.2) is 68.1 Å². The molecule has 1 fully saturated rings. The fraction of sp³-hybridized carbons (Fsp3) is 0.762. The van der Waals surface area contributed by atoms with Crippen LogP contribution in [0.3, 0.4) is 0 Å². The number of likely N-dealkylation sites (tertiary alicyclic amines) is 1. The van der Waals surface area contributed by atoms with Gasteiger partial charge in [0.1, 0.15) is 5.76 Å². The van der Waals surface area contributed by atoms with Gasteiger partial charge in [0.05, 0.1) is 18.8 Å². The van der Waals surface area contributed by atoms with Gasteiger partial charge in [-0.2, -0.15) is 0 Å². The normalized spacial score (nSPS) is 16.8. The summed E-state index contributed by atoms with van der Waals surface area (Å²) in [5, 5.41) is 6.87. The highest BCUT2D eigenvalue weighted by atomic mass is 16.3. The molecule has 0 bridgehead atoms. The summed E-state index contributed by atoms with van der Waals surface area (Å²) in [6, 6.07) is 4.29. The lowest BCUT2D eigenvalue weighted by Crippen LogP contribution is -2.39. The Morgan fingerprint density at radius 2 is 1.96 bits per heavy atom. The molecule has 154 valence electrons. The Balaban J connectivity index is 1.83. The Kier molecular flexibility index (Phi) is 10.3. The topological polar surface area (TPSA) is 56.0 Å². The Morgan fingerprint density at radius 3 is 2.59 bits per heavy atom. The third-order valence-corrected chi connectivity index (χ3v) is 5.31. The van der Waals surface area contributed by atoms with Crippen LogP contribution in [0.15, 0.2) is 27.8 Å². The van der Waals surface area contributed by atoms with Gasteiger partial charge in [-0.25, -0.2) is 0 Å². The van der Waals surface area contributed by atoms with Crippen molar-refractivity contribution in [2.24, 2.45) is 4.99 Å². The molecule has 1 atom stereocenters. The van der Waals surface area contributed by atoms with Crippen LogP contribution < -0.4 is 10.6 Å². The van der Waals surface area contributed by atoms with E-state index in [4.69, 9.17) is 9.41 Å². The van der Waals surface area contributed by atoms with E-state index in [2.05, 4.69) is 47.3 Å². The van der Waals surface area contributed by atoms with E-state index in [-0.39, 0.29) is 6.04 Å². The van der Waals surface area contributed by atoms with Gasteiger partial charge in [0.15, 0.2) is 5.96 Å². The van der Waals surface area contributed by atoms with Crippen molar-refractivity contribution in [2.75, 3.05) is 52.4 Å². The molecule has 0 aromatic carbocycles. The summed E-state index contributed by atoms with van der Waals surface area (Å²) in [7, 11) is 0. The second-order valence-electron chi connectivity index (χ2n) is 7.15. The highest BCUT2D eigenvalue weighted by Crippen LogP contribution is 2.25. The maximum absolute atomic E-state index is 5.70. The first kappa shape index (κ1) is 21.8. The molecule has 6 heteroatoms. The largest absolute Gasteiger partial charge is 0.468 e. The smallest absolute Gasteiger partial charge is 0.191 e. The minimum absolute atomic E-state index is 0.237. The molecule has 1 aliphatic heterocycles. The van der Waals surface area contributed by atoms with E-state index in [9.17, 15) is 0 Å². The van der Waals surface area contributed by atoms with Crippen molar-refractivity contribution in [3.05, 3.63) is 24.2 Å². The standard InChI is InChI=1S/C21H39N5O/c1-4-22-21(23-13-7-8-14-25(5-2)6-3)24-18-19(20-12-11-17-27-20)26-15-9-10-16-26/h11-12,17,19H,4-10,13-16,18H2,1-3H3,(H2,22,23,24). The zero-order valence-electron chi connectivity index (χ0n) is 17.5. The average molecular weight is 378 g/mol. The number of hydrogen-bond acceptors (Lipinski definition) is 4. The molecule has 1 saturated heterocycles. The molecule has 1 aliphatic rings. The summed E-state index contributed by atoms with van der Waals surface area (Å²) >= 11 is 0. The second-order valence-corrected chi connectivity index (χ2v) is 7.15. The van der Waals surface area contributed by atoms with E-state index in [0.717, 1.165) is 64.0 Å². The molecule has 0 saturated carbocycles. The van der Waals surface area contributed by atoms with Gasteiger partial charge in [0.2, 0.25) is 0 Å². The van der Waals surface area contributed by atoms with Crippen LogP contribution in [0, 0.1) is 0 Å². The predicted molar refractivity (Wildman–Crippen MR) is 113 cm³/mol. The van der Waals surface area contributed by atoms with Gasteiger partial charge in [-0.05, 0) is 77.5 Å². The van der Waals surface area contributed by atoms with E-state index < -0.39 is 0 Å². The van der Waals surface area contributed by atoms with Crippen molar-refractivity contribution in [1.29, 1.82) is 0 Å². The third-order valence-electron chi connectivity index (χ3n) is 5.31. The van der Waals surface area contributed by atoms with Crippen LogP contribution in [0.2, 0.25) is 0 Å². The summed E-state index contributed by atoms with van der Waals surface area (Å²) in [6.45, 7) is 14.9. The van der Waals surface area contributed by atoms with Crippen LogP contribution >= 0.6 is 0 Å². The molecule has 27 heavy (non-hydrogen) atoms. The highest BCUT2D eigenvalue weighted by molar-refractivity contribution is 5.79. The molecule has 6 nitrogen and oxygen atoms in total. The molecule has 2 heterocycles. The van der Waals surface area contributed by atoms with Gasteiger partial charge in [-0.1, -0.05) is 13.8 Å². The SMILES string of the molecule is CCNC(=NCC(c1ccco1)N1CCCC1)NCCCCN(CC)CC. The van der Waals surface area contributed by atoms with Crippen molar-refractivity contribution in [1.82, 2.24) is 20.4 Å². The number of nitrogens with zero attached hydrogens (tertiary/aromatic N) is 3. The highest BCUT2D eigenvalue weighted by Gasteiger charge is 2.25. The average Bonchev–Trinajstić information content (AvgIpc) is 3.39. The van der Waals surface area contributed by atoms with Crippen LogP contribution in [-0.2, 0) is 0 Å². The van der Waals surface area contributed by atoms with E-state index in [1.54, 1.807) is 6.26 Å². The first-order chi connectivity index (χ1) is 13.3. The van der Waals surface area contributed by atoms with Gasteiger partial charge in [-0.15, -0.1) is 0 Å². The third kappa shape index (κ3) is 7.54. The van der Waals surface area contributed by atoms with E-state index >= 15 is 0 Å². The molecule has 1 unspecified atom stereocenters. The summed E-state index contributed by atoms with van der Waals surface area (Å²) in [4.78, 5) is 9.83. The lowest BCUT2D eigenvalue weighted by atomic mass is 10.2. The monoisotopic (exact) mass is 377 g/mol. The molecule has 0 radical (unpaired) electrons. The van der Waals surface area contributed by atoms with Crippen molar-refractivity contribution in [2.45, 2.75) is 52.5 Å². The van der Waals surface area contributed by atoms with Crippen LogP contribution in [0.4, 0.5) is 0 Å². The summed E-state index contributed by atoms with van der Waals surface area (Å²) in [5.41, 5.74) is 0. The van der Waals surface area contributed by atoms with E-state index in [0.29, 0.717) is 0 Å². The molecule has 1 aromatic heterocycles. The molecular formula is C21H39N5O. The quantitative estimate of drug-likeness (QED) is 0.333. The van der Waals surface area contributed by atoms with Gasteiger partial charge in [-0.3, -0.25) is 9.89 Å². The van der Waals surface area contributed by atoms with Crippen molar-refractivity contribution in [3.63, 3.8) is 0 Å². The number of aliphatic imine (C=N–C) groups is 1. The lowest BCUT2D eigenvalue weighted by Gasteiger charge is -2.24. The zero-order valence-corrected chi connectivity index (χ0v) is 17.5. The zero-order chi connectivity index (χ0) is 19.3. The maximum Gasteiger partial charge on any atom is 0.191 e. The fourth-order valence-electron chi connectivity index (χ4n) is 3.65. The van der Waals surface area contributed by atoms with E-state index in [1.165, 1.54) is 25.8 Å². The Bertz CT molecular complexity index is 507. The molecule has 0 aliphatic carbocycles. The number of hydrogen-bond donors (Lipinski definition) is 2. The number of furan rings is 1. The number of nitrogens with one attached hydrogen (secondary N) is 2. The molecule has 2 rings (SSSR count). The molecule has 0 amide bonds. The predicted octanol–water partition coefficient (Wildman–Crippen LogP) is 3.09. The second kappa shape index (κ2) is 12.8. The van der Waals surface area contributed by atoms with Crippen molar-refractivity contribution < 1.29 is 4.42 Å². The number of unbranched alkanes of at least 4 members (excludes halogenated alkanes) is 1. The lowest BCUT2D eigenvalue weighted by molar-refractivity contribution is 0.221. The van der Waals surface area contributed by atoms with Crippen molar-refractivity contribution >= 4 is 5.96 Å². The first-order valence-electron chi connectivity index (χ1n) is 10.8. The van der Waals surface area contributed by atoms with Crippen LogP contribution in [0.25, 0.3) is 0 Å². The van der Waals surface area contributed by atoms with Gasteiger partial charge in [0.25, 0.3) is 0 Å². The Labute approximate surface area is 165 Å². The maximum atomic E-state index is 5.70. The van der Waals surface area contributed by atoms with Crippen molar-refractivity contribution in [3.8, 4) is 0 Å². The number of rotatable bonds is 12. The molecule has 1 aromatic rings. The first-order valence-corrected chi connectivity index (χ1v) is 10.8. The molecular weight excluding hydrogens is 338 g/mol. The Morgan fingerprint density at radius 1 is 1.19 bits per heavy atom. The Hall–Kier alpha value is -1.53. The van der Waals surface area contributed by atoms with Gasteiger partial charge in [0, 0.05) is 13.1 Å². The number of guanidine groups is 1. The van der Waals surface area contributed by atoms with Gasteiger partial charge >= 0.3 is 0 Å².